The second-order valence-electron chi connectivity index (χ2n) is 7.43. The van der Waals surface area contributed by atoms with E-state index in [4.69, 9.17) is 24.4 Å². The van der Waals surface area contributed by atoms with Gasteiger partial charge in [0.15, 0.2) is 28.2 Å². The second-order valence-corrected chi connectivity index (χ2v) is 8.30. The monoisotopic (exact) mass is 491 g/mol. The number of methoxy groups -OCH3 is 2. The van der Waals surface area contributed by atoms with Crippen LogP contribution in [0.3, 0.4) is 0 Å². The van der Waals surface area contributed by atoms with Crippen molar-refractivity contribution in [3.8, 4) is 23.0 Å². The first-order chi connectivity index (χ1) is 17.0. The van der Waals surface area contributed by atoms with Gasteiger partial charge in [0.25, 0.3) is 5.91 Å². The molecule has 0 atom stereocenters. The predicted molar refractivity (Wildman–Crippen MR) is 138 cm³/mol. The van der Waals surface area contributed by atoms with E-state index in [1.165, 1.54) is 11.8 Å². The number of nitrogens with one attached hydrogen (secondary N) is 1. The SMILES string of the molecule is C=CCc1cc(/C=C2/C(=N)N3C=CSC3=NC2=O)cc(OC)c1OCCOc1ccccc1OC. The Balaban J connectivity index is 1.55. The third-order valence-corrected chi connectivity index (χ3v) is 5.98. The molecule has 1 N–H and O–H groups in total. The molecule has 2 heterocycles. The number of nitrogens with zero attached hydrogens (tertiary/aromatic N) is 2. The maximum atomic E-state index is 12.6. The first-order valence-corrected chi connectivity index (χ1v) is 11.7. The van der Waals surface area contributed by atoms with Crippen molar-refractivity contribution >= 4 is 34.7 Å². The molecule has 9 heteroatoms. The normalized spacial score (nSPS) is 15.7. The van der Waals surface area contributed by atoms with E-state index in [-0.39, 0.29) is 18.0 Å². The van der Waals surface area contributed by atoms with Gasteiger partial charge in [-0.2, -0.15) is 4.99 Å². The Bertz CT molecular complexity index is 1250. The van der Waals surface area contributed by atoms with Gasteiger partial charge in [0, 0.05) is 11.8 Å². The highest BCUT2D eigenvalue weighted by atomic mass is 32.2. The molecule has 0 bridgehead atoms. The van der Waals surface area contributed by atoms with Crippen LogP contribution in [-0.2, 0) is 11.2 Å². The van der Waals surface area contributed by atoms with Crippen LogP contribution in [0.15, 0.2) is 71.2 Å². The van der Waals surface area contributed by atoms with E-state index in [2.05, 4.69) is 11.6 Å². The maximum absolute atomic E-state index is 12.6. The molecule has 0 fully saturated rings. The molecule has 2 aliphatic rings. The highest BCUT2D eigenvalue weighted by Crippen LogP contribution is 2.35. The van der Waals surface area contributed by atoms with E-state index in [0.717, 1.165) is 5.56 Å². The van der Waals surface area contributed by atoms with Crippen LogP contribution in [0.1, 0.15) is 11.1 Å². The van der Waals surface area contributed by atoms with Crippen molar-refractivity contribution in [1.29, 1.82) is 5.41 Å². The van der Waals surface area contributed by atoms with Gasteiger partial charge in [-0.25, -0.2) is 0 Å². The van der Waals surface area contributed by atoms with Gasteiger partial charge in [-0.15, -0.1) is 6.58 Å². The lowest BCUT2D eigenvalue weighted by Gasteiger charge is -2.22. The van der Waals surface area contributed by atoms with Crippen molar-refractivity contribution in [2.45, 2.75) is 6.42 Å². The fraction of sp³-hybridized carbons (Fsp3) is 0.192. The topological polar surface area (TPSA) is 93.4 Å². The molecular formula is C26H25N3O5S. The summed E-state index contributed by atoms with van der Waals surface area (Å²) in [4.78, 5) is 18.2. The Hall–Kier alpha value is -3.98. The minimum absolute atomic E-state index is 0.0827. The fourth-order valence-electron chi connectivity index (χ4n) is 3.62. The van der Waals surface area contributed by atoms with E-state index in [0.29, 0.717) is 46.8 Å². The Kier molecular flexibility index (Phi) is 7.57. The Morgan fingerprint density at radius 2 is 1.83 bits per heavy atom. The second kappa shape index (κ2) is 11.0. The number of ether oxygens (including phenoxy) is 4. The summed E-state index contributed by atoms with van der Waals surface area (Å²) in [6.07, 6.45) is 5.65. The van der Waals surface area contributed by atoms with Crippen LogP contribution in [-0.4, -0.2) is 49.2 Å². The summed E-state index contributed by atoms with van der Waals surface area (Å²) in [5.74, 6) is 1.99. The predicted octanol–water partition coefficient (Wildman–Crippen LogP) is 4.67. The molecule has 8 nitrogen and oxygen atoms in total. The summed E-state index contributed by atoms with van der Waals surface area (Å²) >= 11 is 1.31. The van der Waals surface area contributed by atoms with Crippen LogP contribution < -0.4 is 18.9 Å². The number of benzene rings is 2. The van der Waals surface area contributed by atoms with Gasteiger partial charge in [0.2, 0.25) is 0 Å². The van der Waals surface area contributed by atoms with Crippen LogP contribution in [0.25, 0.3) is 6.08 Å². The average Bonchev–Trinajstić information content (AvgIpc) is 3.34. The minimum atomic E-state index is -0.449. The van der Waals surface area contributed by atoms with Gasteiger partial charge in [-0.1, -0.05) is 30.0 Å². The lowest BCUT2D eigenvalue weighted by Crippen LogP contribution is -2.35. The Labute approximate surface area is 208 Å². The van der Waals surface area contributed by atoms with Gasteiger partial charge in [-0.05, 0) is 47.7 Å². The van der Waals surface area contributed by atoms with Crippen LogP contribution >= 0.6 is 11.8 Å². The number of amides is 1. The quantitative estimate of drug-likeness (QED) is 0.293. The number of carbonyl (C=O) groups excluding carboxylic acids is 1. The zero-order chi connectivity index (χ0) is 24.8. The number of para-hydroxylation sites is 2. The molecule has 0 saturated heterocycles. The van der Waals surface area contributed by atoms with Crippen LogP contribution in [0.2, 0.25) is 0 Å². The highest BCUT2D eigenvalue weighted by Gasteiger charge is 2.31. The molecular weight excluding hydrogens is 466 g/mol. The van der Waals surface area contributed by atoms with E-state index < -0.39 is 5.91 Å². The summed E-state index contributed by atoms with van der Waals surface area (Å²) in [6.45, 7) is 4.42. The molecule has 2 aromatic rings. The lowest BCUT2D eigenvalue weighted by atomic mass is 10.0. The van der Waals surface area contributed by atoms with E-state index in [9.17, 15) is 4.79 Å². The third-order valence-electron chi connectivity index (χ3n) is 5.22. The fourth-order valence-corrected chi connectivity index (χ4v) is 4.33. The third kappa shape index (κ3) is 5.25. The molecule has 0 spiro atoms. The zero-order valence-electron chi connectivity index (χ0n) is 19.4. The smallest absolute Gasteiger partial charge is 0.283 e. The van der Waals surface area contributed by atoms with E-state index in [1.54, 1.807) is 48.9 Å². The molecule has 0 saturated carbocycles. The number of rotatable bonds is 10. The first kappa shape index (κ1) is 24.2. The number of fused-ring (bicyclic) bond motifs is 1. The van der Waals surface area contributed by atoms with Crippen molar-refractivity contribution in [3.63, 3.8) is 0 Å². The Morgan fingerprint density at radius 1 is 1.09 bits per heavy atom. The molecule has 0 aliphatic carbocycles. The number of amidine groups is 2. The molecule has 0 unspecified atom stereocenters. The molecule has 2 aliphatic heterocycles. The summed E-state index contributed by atoms with van der Waals surface area (Å²) in [7, 11) is 3.15. The highest BCUT2D eigenvalue weighted by molar-refractivity contribution is 8.16. The number of hydrogen-bond donors (Lipinski definition) is 1. The standard InChI is InChI=1S/C26H25N3O5S/c1-4-7-18-14-17(15-19-24(27)29-10-13-35-26(29)28-25(19)30)16-22(32-3)23(18)34-12-11-33-21-9-6-5-8-20(21)31-2/h4-6,8-10,13-16,27H,1,7,11-12H2,2-3H3/b19-15-,27-24?. The molecule has 2 aromatic carbocycles. The maximum Gasteiger partial charge on any atom is 0.283 e. The molecule has 180 valence electrons. The van der Waals surface area contributed by atoms with Gasteiger partial charge >= 0.3 is 0 Å². The summed E-state index contributed by atoms with van der Waals surface area (Å²) in [6, 6.07) is 11.1. The van der Waals surface area contributed by atoms with Crippen molar-refractivity contribution in [1.82, 2.24) is 4.90 Å². The van der Waals surface area contributed by atoms with E-state index >= 15 is 0 Å². The summed E-state index contributed by atoms with van der Waals surface area (Å²) in [5, 5.41) is 10.7. The van der Waals surface area contributed by atoms with Crippen molar-refractivity contribution in [3.05, 3.63) is 77.4 Å². The summed E-state index contributed by atoms with van der Waals surface area (Å²) < 4.78 is 22.7. The minimum Gasteiger partial charge on any atom is -0.493 e. The van der Waals surface area contributed by atoms with Crippen molar-refractivity contribution < 1.29 is 23.7 Å². The average molecular weight is 492 g/mol. The zero-order valence-corrected chi connectivity index (χ0v) is 20.3. The first-order valence-electron chi connectivity index (χ1n) is 10.8. The molecule has 4 rings (SSSR count). The molecule has 0 aromatic heterocycles. The van der Waals surface area contributed by atoms with Crippen LogP contribution in [0.5, 0.6) is 23.0 Å². The van der Waals surface area contributed by atoms with Gasteiger partial charge in [0.1, 0.15) is 19.0 Å². The number of hydrogen-bond acceptors (Lipinski definition) is 7. The summed E-state index contributed by atoms with van der Waals surface area (Å²) in [5.41, 5.74) is 1.73. The molecule has 35 heavy (non-hydrogen) atoms. The lowest BCUT2D eigenvalue weighted by molar-refractivity contribution is -0.114. The number of thioether (sulfide) groups is 1. The number of carbonyl (C=O) groups is 1. The number of aliphatic imine (C=N–C) groups is 1. The van der Waals surface area contributed by atoms with Gasteiger partial charge in [-0.3, -0.25) is 15.1 Å². The van der Waals surface area contributed by atoms with Crippen molar-refractivity contribution in [2.24, 2.45) is 4.99 Å². The Morgan fingerprint density at radius 3 is 2.57 bits per heavy atom. The molecule has 1 amide bonds. The largest absolute Gasteiger partial charge is 0.493 e. The van der Waals surface area contributed by atoms with Gasteiger partial charge < -0.3 is 18.9 Å². The van der Waals surface area contributed by atoms with Gasteiger partial charge in [0.05, 0.1) is 19.8 Å². The van der Waals surface area contributed by atoms with Crippen LogP contribution in [0, 0.1) is 5.41 Å². The molecule has 0 radical (unpaired) electrons. The van der Waals surface area contributed by atoms with Crippen LogP contribution in [0.4, 0.5) is 0 Å². The van der Waals surface area contributed by atoms with Crippen molar-refractivity contribution in [2.75, 3.05) is 27.4 Å². The number of allylic oxidation sites excluding steroid dienone is 1. The van der Waals surface area contributed by atoms with E-state index in [1.807, 2.05) is 30.3 Å².